The molecule has 16 heavy (non-hydrogen) atoms. The van der Waals surface area contributed by atoms with E-state index in [-0.39, 0.29) is 17.7 Å². The molecule has 0 aromatic carbocycles. The van der Waals surface area contributed by atoms with E-state index in [2.05, 4.69) is 0 Å². The largest absolute Gasteiger partial charge is 0.508 e. The summed E-state index contributed by atoms with van der Waals surface area (Å²) in [4.78, 5) is 14.2. The molecule has 1 N–H and O–H groups in total. The molecule has 1 aliphatic heterocycles. The Morgan fingerprint density at radius 2 is 2.00 bits per heavy atom. The fraction of sp³-hybridized carbons (Fsp3) is 0.615. The highest BCUT2D eigenvalue weighted by molar-refractivity contribution is 5.82. The summed E-state index contributed by atoms with van der Waals surface area (Å²) >= 11 is 0. The van der Waals surface area contributed by atoms with Crippen molar-refractivity contribution in [2.75, 3.05) is 13.1 Å². The first-order valence-electron chi connectivity index (χ1n) is 5.98. The molecule has 0 bridgehead atoms. The minimum absolute atomic E-state index is 0.0889. The number of rotatable bonds is 1. The number of allylic oxidation sites excluding steroid dienone is 2. The van der Waals surface area contributed by atoms with Gasteiger partial charge in [-0.1, -0.05) is 13.0 Å². The number of hydrogen-bond acceptors (Lipinski definition) is 2. The molecule has 2 rings (SSSR count). The van der Waals surface area contributed by atoms with Crippen molar-refractivity contribution in [1.82, 2.24) is 4.90 Å². The van der Waals surface area contributed by atoms with Crippen LogP contribution in [0.1, 0.15) is 26.7 Å². The second kappa shape index (κ2) is 4.32. The number of carbonyl (C=O) groups is 1. The average Bonchev–Trinajstić information content (AvgIpc) is 2.75. The van der Waals surface area contributed by atoms with Gasteiger partial charge in [-0.15, -0.1) is 0 Å². The van der Waals surface area contributed by atoms with Gasteiger partial charge in [0.05, 0.1) is 5.92 Å². The predicted octanol–water partition coefficient (Wildman–Crippen LogP) is 2.26. The van der Waals surface area contributed by atoms with Gasteiger partial charge in [0.2, 0.25) is 5.91 Å². The molecule has 1 unspecified atom stereocenters. The molecule has 1 saturated heterocycles. The molecule has 2 atom stereocenters. The average molecular weight is 221 g/mol. The highest BCUT2D eigenvalue weighted by atomic mass is 16.3. The van der Waals surface area contributed by atoms with Gasteiger partial charge < -0.3 is 10.0 Å². The van der Waals surface area contributed by atoms with Crippen molar-refractivity contribution in [1.29, 1.82) is 0 Å². The van der Waals surface area contributed by atoms with E-state index in [0.29, 0.717) is 5.76 Å². The van der Waals surface area contributed by atoms with Gasteiger partial charge in [0.25, 0.3) is 0 Å². The lowest BCUT2D eigenvalue weighted by molar-refractivity contribution is -0.133. The Hall–Kier alpha value is -1.25. The van der Waals surface area contributed by atoms with Gasteiger partial charge in [-0.2, -0.15) is 0 Å². The topological polar surface area (TPSA) is 40.5 Å². The lowest BCUT2D eigenvalue weighted by Gasteiger charge is -2.27. The van der Waals surface area contributed by atoms with Crippen molar-refractivity contribution in [2.45, 2.75) is 26.7 Å². The third-order valence-corrected chi connectivity index (χ3v) is 3.52. The van der Waals surface area contributed by atoms with Crippen LogP contribution in [-0.2, 0) is 4.79 Å². The van der Waals surface area contributed by atoms with Gasteiger partial charge in [0, 0.05) is 13.1 Å². The van der Waals surface area contributed by atoms with Gasteiger partial charge in [0.1, 0.15) is 5.76 Å². The van der Waals surface area contributed by atoms with E-state index >= 15 is 0 Å². The summed E-state index contributed by atoms with van der Waals surface area (Å²) in [7, 11) is 0. The smallest absolute Gasteiger partial charge is 0.230 e. The molecule has 0 radical (unpaired) electrons. The number of carbonyl (C=O) groups excluding carboxylic acids is 1. The Morgan fingerprint density at radius 1 is 1.38 bits per heavy atom. The molecule has 1 amide bonds. The van der Waals surface area contributed by atoms with Crippen LogP contribution in [0.2, 0.25) is 0 Å². The van der Waals surface area contributed by atoms with Crippen LogP contribution in [0.25, 0.3) is 0 Å². The monoisotopic (exact) mass is 221 g/mol. The molecule has 1 aliphatic carbocycles. The van der Waals surface area contributed by atoms with E-state index in [0.717, 1.165) is 31.5 Å². The summed E-state index contributed by atoms with van der Waals surface area (Å²) in [6, 6.07) is 0. The van der Waals surface area contributed by atoms with E-state index < -0.39 is 0 Å². The Labute approximate surface area is 96.4 Å². The fourth-order valence-corrected chi connectivity index (χ4v) is 2.44. The van der Waals surface area contributed by atoms with Crippen LogP contribution in [0, 0.1) is 11.8 Å². The lowest BCUT2D eigenvalue weighted by Crippen LogP contribution is -2.36. The molecule has 0 aromatic rings. The minimum Gasteiger partial charge on any atom is -0.508 e. The standard InChI is InChI=1S/C13H19NO2/c1-9-8-12(15)10(2)7-11(9)13(16)14-5-3-4-6-14/h7-9,11,15H,3-6H2,1-2H3/t9-,11?/m0/s1. The quantitative estimate of drug-likeness (QED) is 0.738. The SMILES string of the molecule is CC1=CC(C(=O)N2CCCC2)[C@@H](C)C=C1O. The Kier molecular flexibility index (Phi) is 3.03. The van der Waals surface area contributed by atoms with E-state index in [9.17, 15) is 9.90 Å². The van der Waals surface area contributed by atoms with Crippen LogP contribution in [0.15, 0.2) is 23.5 Å². The van der Waals surface area contributed by atoms with Crippen molar-refractivity contribution in [2.24, 2.45) is 11.8 Å². The number of aliphatic hydroxyl groups excluding tert-OH is 1. The third kappa shape index (κ3) is 1.99. The number of amides is 1. The van der Waals surface area contributed by atoms with Crippen molar-refractivity contribution in [3.8, 4) is 0 Å². The molecular weight excluding hydrogens is 202 g/mol. The van der Waals surface area contributed by atoms with E-state index in [1.807, 2.05) is 24.8 Å². The normalized spacial score (nSPS) is 30.0. The van der Waals surface area contributed by atoms with Crippen LogP contribution >= 0.6 is 0 Å². The van der Waals surface area contributed by atoms with Gasteiger partial charge in [-0.3, -0.25) is 4.79 Å². The molecule has 2 aliphatic rings. The number of nitrogens with zero attached hydrogens (tertiary/aromatic N) is 1. The second-order valence-corrected chi connectivity index (χ2v) is 4.82. The predicted molar refractivity (Wildman–Crippen MR) is 62.9 cm³/mol. The summed E-state index contributed by atoms with van der Waals surface area (Å²) in [5, 5.41) is 9.58. The molecule has 3 nitrogen and oxygen atoms in total. The molecule has 0 saturated carbocycles. The van der Waals surface area contributed by atoms with Crippen LogP contribution in [0.4, 0.5) is 0 Å². The van der Waals surface area contributed by atoms with Gasteiger partial charge in [0.15, 0.2) is 0 Å². The Bertz CT molecular complexity index is 351. The first kappa shape index (κ1) is 11.2. The summed E-state index contributed by atoms with van der Waals surface area (Å²) in [6.45, 7) is 5.62. The minimum atomic E-state index is -0.0889. The van der Waals surface area contributed by atoms with Gasteiger partial charge >= 0.3 is 0 Å². The second-order valence-electron chi connectivity index (χ2n) is 4.82. The number of hydrogen-bond donors (Lipinski definition) is 1. The summed E-state index contributed by atoms with van der Waals surface area (Å²) in [5.74, 6) is 0.539. The summed E-state index contributed by atoms with van der Waals surface area (Å²) in [6.07, 6.45) is 5.93. The molecule has 1 fully saturated rings. The maximum absolute atomic E-state index is 12.2. The van der Waals surface area contributed by atoms with Gasteiger partial charge in [-0.05, 0) is 37.3 Å². The van der Waals surface area contributed by atoms with Crippen LogP contribution < -0.4 is 0 Å². The lowest BCUT2D eigenvalue weighted by atomic mass is 9.85. The fourth-order valence-electron chi connectivity index (χ4n) is 2.44. The third-order valence-electron chi connectivity index (χ3n) is 3.52. The molecule has 3 heteroatoms. The van der Waals surface area contributed by atoms with Crippen molar-refractivity contribution in [3.63, 3.8) is 0 Å². The first-order valence-corrected chi connectivity index (χ1v) is 5.98. The highest BCUT2D eigenvalue weighted by Crippen LogP contribution is 2.28. The summed E-state index contributed by atoms with van der Waals surface area (Å²) in [5.41, 5.74) is 0.815. The number of likely N-dealkylation sites (tertiary alicyclic amines) is 1. The molecule has 0 spiro atoms. The van der Waals surface area contributed by atoms with E-state index in [4.69, 9.17) is 0 Å². The van der Waals surface area contributed by atoms with E-state index in [1.165, 1.54) is 0 Å². The molecule has 88 valence electrons. The summed E-state index contributed by atoms with van der Waals surface area (Å²) < 4.78 is 0. The number of aliphatic hydroxyl groups is 1. The Morgan fingerprint density at radius 3 is 2.62 bits per heavy atom. The molecular formula is C13H19NO2. The van der Waals surface area contributed by atoms with E-state index in [1.54, 1.807) is 6.08 Å². The Balaban J connectivity index is 2.12. The zero-order valence-corrected chi connectivity index (χ0v) is 9.94. The molecule has 0 aromatic heterocycles. The zero-order valence-electron chi connectivity index (χ0n) is 9.94. The maximum Gasteiger partial charge on any atom is 0.230 e. The van der Waals surface area contributed by atoms with Crippen LogP contribution in [0.3, 0.4) is 0 Å². The molecule has 1 heterocycles. The van der Waals surface area contributed by atoms with Crippen molar-refractivity contribution >= 4 is 5.91 Å². The highest BCUT2D eigenvalue weighted by Gasteiger charge is 2.30. The van der Waals surface area contributed by atoms with Crippen molar-refractivity contribution < 1.29 is 9.90 Å². The maximum atomic E-state index is 12.2. The van der Waals surface area contributed by atoms with Crippen molar-refractivity contribution in [3.05, 3.63) is 23.5 Å². The van der Waals surface area contributed by atoms with Crippen LogP contribution in [-0.4, -0.2) is 29.0 Å². The first-order chi connectivity index (χ1) is 7.59. The van der Waals surface area contributed by atoms with Crippen LogP contribution in [0.5, 0.6) is 0 Å². The van der Waals surface area contributed by atoms with Gasteiger partial charge in [-0.25, -0.2) is 0 Å². The zero-order chi connectivity index (χ0) is 11.7.